The van der Waals surface area contributed by atoms with Crippen molar-refractivity contribution in [2.45, 2.75) is 64.7 Å². The Bertz CT molecular complexity index is 1290. The van der Waals surface area contributed by atoms with Crippen molar-refractivity contribution < 1.29 is 0 Å². The van der Waals surface area contributed by atoms with Crippen molar-refractivity contribution in [3.8, 4) is 23.0 Å². The van der Waals surface area contributed by atoms with Crippen LogP contribution in [0.5, 0.6) is 0 Å². The lowest BCUT2D eigenvalue weighted by Crippen LogP contribution is -2.23. The van der Waals surface area contributed by atoms with Crippen molar-refractivity contribution in [2.75, 3.05) is 0 Å². The van der Waals surface area contributed by atoms with Crippen LogP contribution in [0.2, 0.25) is 0 Å². The Morgan fingerprint density at radius 1 is 0.417 bits per heavy atom. The number of benzene rings is 4. The molecule has 0 amide bonds. The average molecular weight is 471 g/mol. The second kappa shape index (κ2) is 9.83. The zero-order valence-corrected chi connectivity index (χ0v) is 22.8. The summed E-state index contributed by atoms with van der Waals surface area (Å²) in [5.74, 6) is 7.17. The summed E-state index contributed by atoms with van der Waals surface area (Å²) in [5.41, 5.74) is 8.37. The Balaban J connectivity index is 1.74. The lowest BCUT2D eigenvalue weighted by atomic mass is 9.74. The normalized spacial score (nSPS) is 12.1. The van der Waals surface area contributed by atoms with Crippen LogP contribution >= 0.6 is 0 Å². The fourth-order valence-corrected chi connectivity index (χ4v) is 4.49. The van der Waals surface area contributed by atoms with Crippen LogP contribution in [0.1, 0.15) is 76.3 Å². The van der Waals surface area contributed by atoms with Gasteiger partial charge >= 0.3 is 0 Å². The summed E-state index contributed by atoms with van der Waals surface area (Å²) in [6, 6.07) is 37.1. The van der Waals surface area contributed by atoms with E-state index in [9.17, 15) is 0 Å². The second-order valence-corrected chi connectivity index (χ2v) is 12.0. The zero-order chi connectivity index (χ0) is 26.0. The molecule has 0 spiro atoms. The Morgan fingerprint density at radius 3 is 1.22 bits per heavy atom. The molecule has 0 fully saturated rings. The lowest BCUT2D eigenvalue weighted by molar-refractivity contribution is 0.588. The standard InChI is InChI=1S/C36H38/c1-34(2,3)30-17-21-32(22-18-30)36(7,33-23-19-31(20-24-33)35(4,5)6)26-25-27-13-15-29(16-14-27)28-11-9-8-10-12-28/h8-24H,1-7H3. The first kappa shape index (κ1) is 25.5. The van der Waals surface area contributed by atoms with Crippen molar-refractivity contribution >= 4 is 0 Å². The van der Waals surface area contributed by atoms with Gasteiger partial charge in [0.05, 0.1) is 5.41 Å². The summed E-state index contributed by atoms with van der Waals surface area (Å²) in [6.45, 7) is 15.8. The molecular formula is C36H38. The third-order valence-electron chi connectivity index (χ3n) is 7.11. The van der Waals surface area contributed by atoms with Crippen molar-refractivity contribution in [1.82, 2.24) is 0 Å². The fourth-order valence-electron chi connectivity index (χ4n) is 4.49. The van der Waals surface area contributed by atoms with Gasteiger partial charge in [-0.15, -0.1) is 0 Å². The van der Waals surface area contributed by atoms with Gasteiger partial charge < -0.3 is 0 Å². The SMILES string of the molecule is CC(C)(C)c1ccc(C(C)(C#Cc2ccc(-c3ccccc3)cc2)c2ccc(C(C)(C)C)cc2)cc1. The summed E-state index contributed by atoms with van der Waals surface area (Å²) in [6.07, 6.45) is 0. The summed E-state index contributed by atoms with van der Waals surface area (Å²) in [4.78, 5) is 0. The smallest absolute Gasteiger partial charge is 0.0787 e. The molecule has 0 aliphatic rings. The van der Waals surface area contributed by atoms with Gasteiger partial charge in [0.2, 0.25) is 0 Å². The number of hydrogen-bond donors (Lipinski definition) is 0. The van der Waals surface area contributed by atoms with Crippen LogP contribution in [-0.2, 0) is 16.2 Å². The fraction of sp³-hybridized carbons (Fsp3) is 0.278. The van der Waals surface area contributed by atoms with Gasteiger partial charge in [-0.3, -0.25) is 0 Å². The molecule has 0 N–H and O–H groups in total. The van der Waals surface area contributed by atoms with Gasteiger partial charge in [0.15, 0.2) is 0 Å². The molecule has 0 bridgehead atoms. The Morgan fingerprint density at radius 2 is 0.806 bits per heavy atom. The molecule has 0 aromatic heterocycles. The first-order chi connectivity index (χ1) is 17.0. The minimum atomic E-state index is -0.426. The third kappa shape index (κ3) is 5.63. The maximum absolute atomic E-state index is 3.67. The number of hydrogen-bond acceptors (Lipinski definition) is 0. The van der Waals surface area contributed by atoms with E-state index in [0.717, 1.165) is 5.56 Å². The predicted molar refractivity (Wildman–Crippen MR) is 155 cm³/mol. The molecule has 0 heterocycles. The summed E-state index contributed by atoms with van der Waals surface area (Å²) in [7, 11) is 0. The number of rotatable bonds is 3. The van der Waals surface area contributed by atoms with Gasteiger partial charge in [-0.25, -0.2) is 0 Å². The van der Waals surface area contributed by atoms with Crippen molar-refractivity contribution in [3.05, 3.63) is 131 Å². The molecule has 0 heteroatoms. The van der Waals surface area contributed by atoms with Crippen LogP contribution in [0.25, 0.3) is 11.1 Å². The Kier molecular flexibility index (Phi) is 6.97. The van der Waals surface area contributed by atoms with Gasteiger partial charge in [-0.1, -0.05) is 144 Å². The van der Waals surface area contributed by atoms with Gasteiger partial charge in [-0.2, -0.15) is 0 Å². The molecule has 4 aromatic carbocycles. The highest BCUT2D eigenvalue weighted by Crippen LogP contribution is 2.35. The minimum absolute atomic E-state index is 0.121. The quantitative estimate of drug-likeness (QED) is 0.262. The van der Waals surface area contributed by atoms with E-state index >= 15 is 0 Å². The molecule has 0 atom stereocenters. The molecule has 0 aliphatic carbocycles. The van der Waals surface area contributed by atoms with E-state index in [1.54, 1.807) is 0 Å². The first-order valence-electron chi connectivity index (χ1n) is 12.9. The molecule has 4 aromatic rings. The topological polar surface area (TPSA) is 0 Å². The Labute approximate surface area is 218 Å². The van der Waals surface area contributed by atoms with E-state index in [-0.39, 0.29) is 10.8 Å². The maximum atomic E-state index is 3.67. The molecule has 0 nitrogen and oxygen atoms in total. The van der Waals surface area contributed by atoms with Gasteiger partial charge in [-0.05, 0) is 63.3 Å². The molecule has 0 saturated heterocycles. The zero-order valence-electron chi connectivity index (χ0n) is 22.8. The van der Waals surface area contributed by atoms with Crippen LogP contribution in [0.4, 0.5) is 0 Å². The van der Waals surface area contributed by atoms with Gasteiger partial charge in [0, 0.05) is 5.56 Å². The molecule has 0 radical (unpaired) electrons. The van der Waals surface area contributed by atoms with E-state index in [4.69, 9.17) is 0 Å². The van der Waals surface area contributed by atoms with Gasteiger partial charge in [0.1, 0.15) is 0 Å². The second-order valence-electron chi connectivity index (χ2n) is 12.0. The largest absolute Gasteiger partial charge is 0.0817 e. The average Bonchev–Trinajstić information content (AvgIpc) is 2.87. The third-order valence-corrected chi connectivity index (χ3v) is 7.11. The van der Waals surface area contributed by atoms with E-state index in [2.05, 4.69) is 157 Å². The van der Waals surface area contributed by atoms with E-state index in [0.29, 0.717) is 0 Å². The van der Waals surface area contributed by atoms with Gasteiger partial charge in [0.25, 0.3) is 0 Å². The highest BCUT2D eigenvalue weighted by Gasteiger charge is 2.28. The van der Waals surface area contributed by atoms with E-state index in [1.807, 2.05) is 6.07 Å². The molecule has 4 rings (SSSR count). The molecule has 182 valence electrons. The molecule has 36 heavy (non-hydrogen) atoms. The predicted octanol–water partition coefficient (Wildman–Crippen LogP) is 9.31. The van der Waals surface area contributed by atoms with Crippen LogP contribution in [-0.4, -0.2) is 0 Å². The summed E-state index contributed by atoms with van der Waals surface area (Å²) < 4.78 is 0. The molecule has 0 aliphatic heterocycles. The minimum Gasteiger partial charge on any atom is -0.0817 e. The summed E-state index contributed by atoms with van der Waals surface area (Å²) >= 11 is 0. The molecule has 0 saturated carbocycles. The van der Waals surface area contributed by atoms with Crippen LogP contribution in [0, 0.1) is 11.8 Å². The van der Waals surface area contributed by atoms with Crippen LogP contribution < -0.4 is 0 Å². The van der Waals surface area contributed by atoms with E-state index in [1.165, 1.54) is 33.4 Å². The highest BCUT2D eigenvalue weighted by molar-refractivity contribution is 5.64. The highest BCUT2D eigenvalue weighted by atomic mass is 14.3. The van der Waals surface area contributed by atoms with Crippen LogP contribution in [0.3, 0.4) is 0 Å². The Hall–Kier alpha value is -3.56. The van der Waals surface area contributed by atoms with Crippen molar-refractivity contribution in [2.24, 2.45) is 0 Å². The molecule has 0 unspecified atom stereocenters. The van der Waals surface area contributed by atoms with Crippen LogP contribution in [0.15, 0.2) is 103 Å². The first-order valence-corrected chi connectivity index (χ1v) is 12.9. The van der Waals surface area contributed by atoms with E-state index < -0.39 is 5.41 Å². The summed E-state index contributed by atoms with van der Waals surface area (Å²) in [5, 5.41) is 0. The monoisotopic (exact) mass is 470 g/mol. The van der Waals surface area contributed by atoms with Crippen molar-refractivity contribution in [1.29, 1.82) is 0 Å². The maximum Gasteiger partial charge on any atom is 0.0787 e. The van der Waals surface area contributed by atoms with Crippen molar-refractivity contribution in [3.63, 3.8) is 0 Å². The molecular weight excluding hydrogens is 432 g/mol. The lowest BCUT2D eigenvalue weighted by Gasteiger charge is -2.28.